The number of hydrogen-bond acceptors (Lipinski definition) is 3. The lowest BCUT2D eigenvalue weighted by Crippen LogP contribution is -2.41. The molecule has 1 aliphatic rings. The number of carbonyl (C=O) groups is 3. The van der Waals surface area contributed by atoms with Crippen molar-refractivity contribution < 1.29 is 23.9 Å². The smallest absolute Gasteiger partial charge is 0.310 e. The van der Waals surface area contributed by atoms with Gasteiger partial charge in [-0.2, -0.15) is 0 Å². The maximum Gasteiger partial charge on any atom is 0.310 e. The molecule has 1 fully saturated rings. The number of aliphatic carboxylic acids is 1. The summed E-state index contributed by atoms with van der Waals surface area (Å²) in [5.41, 5.74) is -0.942. The molecule has 7 heteroatoms. The van der Waals surface area contributed by atoms with E-state index in [-0.39, 0.29) is 31.1 Å². The van der Waals surface area contributed by atoms with E-state index in [0.717, 1.165) is 0 Å². The summed E-state index contributed by atoms with van der Waals surface area (Å²) in [6.45, 7) is 3.05. The fraction of sp³-hybridized carbons (Fsp3) is 0.438. The van der Waals surface area contributed by atoms with Crippen LogP contribution in [0.2, 0.25) is 0 Å². The molecule has 6 nitrogen and oxygen atoms in total. The summed E-state index contributed by atoms with van der Waals surface area (Å²) in [6.07, 6.45) is -0.0202. The molecule has 0 aliphatic carbocycles. The molecule has 0 spiro atoms. The van der Waals surface area contributed by atoms with Crippen molar-refractivity contribution in [2.75, 3.05) is 18.0 Å². The van der Waals surface area contributed by atoms with E-state index >= 15 is 0 Å². The highest BCUT2D eigenvalue weighted by Crippen LogP contribution is 2.27. The van der Waals surface area contributed by atoms with Crippen LogP contribution in [0.25, 0.3) is 0 Å². The number of para-hydroxylation sites is 1. The summed E-state index contributed by atoms with van der Waals surface area (Å²) in [6, 6.07) is 5.89. The van der Waals surface area contributed by atoms with Crippen LogP contribution < -0.4 is 10.2 Å². The lowest BCUT2D eigenvalue weighted by atomic mass is 9.93. The highest BCUT2D eigenvalue weighted by atomic mass is 19.1. The highest BCUT2D eigenvalue weighted by molar-refractivity contribution is 6.00. The first-order valence-corrected chi connectivity index (χ1v) is 7.28. The highest BCUT2D eigenvalue weighted by Gasteiger charge is 2.37. The van der Waals surface area contributed by atoms with Gasteiger partial charge in [0.25, 0.3) is 0 Å². The molecule has 1 heterocycles. The standard InChI is InChI=1S/C16H19FN2O4/c1-16(2,15(22)23)9-18-14(21)10-7-13(20)19(8-10)12-6-4-3-5-11(12)17/h3-6,10H,7-9H2,1-2H3,(H,18,21)(H,22,23). The van der Waals surface area contributed by atoms with Gasteiger partial charge >= 0.3 is 5.97 Å². The molecule has 1 saturated heterocycles. The minimum Gasteiger partial charge on any atom is -0.481 e. The fourth-order valence-electron chi connectivity index (χ4n) is 2.31. The Labute approximate surface area is 133 Å². The van der Waals surface area contributed by atoms with Gasteiger partial charge in [0.15, 0.2) is 0 Å². The van der Waals surface area contributed by atoms with Gasteiger partial charge in [-0.25, -0.2) is 4.39 Å². The Kier molecular flexibility index (Phi) is 4.68. The maximum absolute atomic E-state index is 13.8. The van der Waals surface area contributed by atoms with E-state index in [2.05, 4.69) is 5.32 Å². The van der Waals surface area contributed by atoms with Gasteiger partial charge in [0.05, 0.1) is 17.0 Å². The van der Waals surface area contributed by atoms with Crippen LogP contribution in [0.4, 0.5) is 10.1 Å². The Morgan fingerprint density at radius 2 is 2.04 bits per heavy atom. The third-order valence-electron chi connectivity index (χ3n) is 3.92. The number of halogens is 1. The number of nitrogens with zero attached hydrogens (tertiary/aromatic N) is 1. The van der Waals surface area contributed by atoms with Crippen LogP contribution in [0.15, 0.2) is 24.3 Å². The van der Waals surface area contributed by atoms with Gasteiger partial charge in [0, 0.05) is 19.5 Å². The molecule has 0 radical (unpaired) electrons. The summed E-state index contributed by atoms with van der Waals surface area (Å²) in [5.74, 6) is -2.88. The van der Waals surface area contributed by atoms with Gasteiger partial charge in [-0.15, -0.1) is 0 Å². The molecule has 2 amide bonds. The van der Waals surface area contributed by atoms with Gasteiger partial charge in [-0.1, -0.05) is 12.1 Å². The Bertz CT molecular complexity index is 645. The first kappa shape index (κ1) is 16.9. The van der Waals surface area contributed by atoms with Crippen molar-refractivity contribution in [3.05, 3.63) is 30.1 Å². The molecule has 1 aromatic rings. The number of benzene rings is 1. The van der Waals surface area contributed by atoms with Gasteiger partial charge in [0.2, 0.25) is 11.8 Å². The Hall–Kier alpha value is -2.44. The summed E-state index contributed by atoms with van der Waals surface area (Å²) < 4.78 is 13.8. The molecular weight excluding hydrogens is 303 g/mol. The van der Waals surface area contributed by atoms with Gasteiger partial charge in [0.1, 0.15) is 5.82 Å². The molecule has 23 heavy (non-hydrogen) atoms. The maximum atomic E-state index is 13.8. The number of nitrogens with one attached hydrogen (secondary N) is 1. The number of anilines is 1. The van der Waals surface area contributed by atoms with E-state index in [1.54, 1.807) is 6.07 Å². The van der Waals surface area contributed by atoms with Crippen molar-refractivity contribution in [3.8, 4) is 0 Å². The number of carboxylic acid groups (broad SMARTS) is 1. The van der Waals surface area contributed by atoms with E-state index < -0.39 is 29.0 Å². The zero-order valence-corrected chi connectivity index (χ0v) is 13.0. The van der Waals surface area contributed by atoms with Crippen LogP contribution in [0.1, 0.15) is 20.3 Å². The van der Waals surface area contributed by atoms with Crippen molar-refractivity contribution in [1.29, 1.82) is 0 Å². The molecule has 0 aromatic heterocycles. The summed E-state index contributed by atoms with van der Waals surface area (Å²) in [5, 5.41) is 11.6. The van der Waals surface area contributed by atoms with E-state index in [1.807, 2.05) is 0 Å². The second-order valence-corrected chi connectivity index (χ2v) is 6.26. The average molecular weight is 322 g/mol. The van der Waals surface area contributed by atoms with Crippen molar-refractivity contribution in [3.63, 3.8) is 0 Å². The van der Waals surface area contributed by atoms with Gasteiger partial charge < -0.3 is 15.3 Å². The van der Waals surface area contributed by atoms with Crippen molar-refractivity contribution >= 4 is 23.5 Å². The van der Waals surface area contributed by atoms with E-state index in [0.29, 0.717) is 0 Å². The average Bonchev–Trinajstić information content (AvgIpc) is 2.87. The SMILES string of the molecule is CC(C)(CNC(=O)C1CC(=O)N(c2ccccc2F)C1)C(=O)O. The monoisotopic (exact) mass is 322 g/mol. The van der Waals surface area contributed by atoms with E-state index in [1.165, 1.54) is 36.9 Å². The number of carbonyl (C=O) groups excluding carboxylic acids is 2. The lowest BCUT2D eigenvalue weighted by molar-refractivity contribution is -0.147. The molecule has 1 atom stereocenters. The zero-order valence-electron chi connectivity index (χ0n) is 13.0. The van der Waals surface area contributed by atoms with Crippen LogP contribution in [0.3, 0.4) is 0 Å². The van der Waals surface area contributed by atoms with Crippen LogP contribution in [-0.2, 0) is 14.4 Å². The van der Waals surface area contributed by atoms with Crippen LogP contribution >= 0.6 is 0 Å². The number of hydrogen-bond donors (Lipinski definition) is 2. The minimum absolute atomic E-state index is 0.0202. The topological polar surface area (TPSA) is 86.7 Å². The third kappa shape index (κ3) is 3.67. The first-order valence-electron chi connectivity index (χ1n) is 7.28. The van der Waals surface area contributed by atoms with Crippen molar-refractivity contribution in [2.24, 2.45) is 11.3 Å². The predicted octanol–water partition coefficient (Wildman–Crippen LogP) is 1.41. The van der Waals surface area contributed by atoms with Crippen molar-refractivity contribution in [1.82, 2.24) is 5.32 Å². The van der Waals surface area contributed by atoms with Crippen LogP contribution in [0.5, 0.6) is 0 Å². The number of amides is 2. The van der Waals surface area contributed by atoms with Crippen LogP contribution in [0, 0.1) is 17.2 Å². The lowest BCUT2D eigenvalue weighted by Gasteiger charge is -2.21. The third-order valence-corrected chi connectivity index (χ3v) is 3.92. The molecule has 124 valence electrons. The summed E-state index contributed by atoms with van der Waals surface area (Å²) in [7, 11) is 0. The molecule has 1 aliphatic heterocycles. The molecule has 1 aromatic carbocycles. The fourth-order valence-corrected chi connectivity index (χ4v) is 2.31. The first-order chi connectivity index (χ1) is 10.7. The minimum atomic E-state index is -1.09. The quantitative estimate of drug-likeness (QED) is 0.858. The number of carboxylic acids is 1. The second kappa shape index (κ2) is 6.36. The molecule has 0 bridgehead atoms. The predicted molar refractivity (Wildman–Crippen MR) is 81.3 cm³/mol. The molecule has 2 rings (SSSR count). The van der Waals surface area contributed by atoms with Gasteiger partial charge in [-0.05, 0) is 26.0 Å². The Balaban J connectivity index is 2.01. The van der Waals surface area contributed by atoms with E-state index in [9.17, 15) is 18.8 Å². The normalized spacial score (nSPS) is 18.1. The molecular formula is C16H19FN2O4. The zero-order chi connectivity index (χ0) is 17.2. The molecule has 2 N–H and O–H groups in total. The largest absolute Gasteiger partial charge is 0.481 e. The van der Waals surface area contributed by atoms with Crippen molar-refractivity contribution in [2.45, 2.75) is 20.3 Å². The summed E-state index contributed by atoms with van der Waals surface area (Å²) in [4.78, 5) is 36.5. The molecule has 1 unspecified atom stereocenters. The van der Waals surface area contributed by atoms with Gasteiger partial charge in [-0.3, -0.25) is 14.4 Å². The Morgan fingerprint density at radius 1 is 1.39 bits per heavy atom. The van der Waals surface area contributed by atoms with Crippen LogP contribution in [-0.4, -0.2) is 36.0 Å². The Morgan fingerprint density at radius 3 is 2.65 bits per heavy atom. The summed E-state index contributed by atoms with van der Waals surface area (Å²) >= 11 is 0. The van der Waals surface area contributed by atoms with E-state index in [4.69, 9.17) is 5.11 Å². The molecule has 0 saturated carbocycles. The number of rotatable bonds is 5. The second-order valence-electron chi connectivity index (χ2n) is 6.26.